The lowest BCUT2D eigenvalue weighted by atomic mass is 10.0. The highest BCUT2D eigenvalue weighted by Gasteiger charge is 2.19. The Hall–Kier alpha value is -4.19. The molecule has 0 spiro atoms. The van der Waals surface area contributed by atoms with Crippen molar-refractivity contribution < 1.29 is 28.6 Å². The van der Waals surface area contributed by atoms with Gasteiger partial charge in [-0.1, -0.05) is 322 Å². The Kier molecular flexibility index (Phi) is 66.7. The van der Waals surface area contributed by atoms with Crippen molar-refractivity contribution in [2.75, 3.05) is 13.2 Å². The minimum atomic E-state index is -0.789. The van der Waals surface area contributed by atoms with Gasteiger partial charge in [-0.05, 0) is 109 Å². The molecule has 1 unspecified atom stereocenters. The van der Waals surface area contributed by atoms with Gasteiger partial charge >= 0.3 is 17.9 Å². The zero-order chi connectivity index (χ0) is 59.9. The van der Waals surface area contributed by atoms with Crippen molar-refractivity contribution in [3.05, 3.63) is 122 Å². The summed E-state index contributed by atoms with van der Waals surface area (Å²) in [5.41, 5.74) is 0. The van der Waals surface area contributed by atoms with E-state index in [9.17, 15) is 14.4 Å². The molecule has 6 heteroatoms. The quantitative estimate of drug-likeness (QED) is 0.0261. The Bertz CT molecular complexity index is 1700. The molecule has 0 aromatic carbocycles. The Balaban J connectivity index is 4.30. The number of ether oxygens (including phenoxy) is 3. The van der Waals surface area contributed by atoms with E-state index >= 15 is 0 Å². The number of esters is 3. The van der Waals surface area contributed by atoms with E-state index in [1.54, 1.807) is 0 Å². The van der Waals surface area contributed by atoms with Crippen LogP contribution in [0.3, 0.4) is 0 Å². The number of hydrogen-bond donors (Lipinski definition) is 0. The summed E-state index contributed by atoms with van der Waals surface area (Å²) in [7, 11) is 0. The van der Waals surface area contributed by atoms with Crippen LogP contribution in [0.25, 0.3) is 0 Å². The normalized spacial score (nSPS) is 12.9. The fraction of sp³-hybridized carbons (Fsp3) is 0.701. The average molecular weight is 1150 g/mol. The fourth-order valence-electron chi connectivity index (χ4n) is 9.71. The van der Waals surface area contributed by atoms with Gasteiger partial charge in [0.2, 0.25) is 0 Å². The molecule has 0 amide bonds. The molecular formula is C77H130O6. The molecule has 0 N–H and O–H groups in total. The molecule has 0 rings (SSSR count). The van der Waals surface area contributed by atoms with Crippen LogP contribution >= 0.6 is 0 Å². The summed E-state index contributed by atoms with van der Waals surface area (Å²) in [6, 6.07) is 0. The number of carbonyl (C=O) groups excluding carboxylic acids is 3. The molecule has 0 aromatic heterocycles. The zero-order valence-electron chi connectivity index (χ0n) is 54.4. The Morgan fingerprint density at radius 2 is 0.482 bits per heavy atom. The standard InChI is InChI=1S/C77H130O6/c1-4-7-10-13-16-19-22-25-28-30-32-33-34-35-36-37-38-39-40-41-42-43-44-45-46-48-49-52-55-58-61-64-67-70-76(79)82-73-74(72-81-75(78)69-66-63-60-57-54-51-27-24-21-18-15-12-9-6-3)83-77(80)71-68-65-62-59-56-53-50-47-31-29-26-23-20-17-14-11-8-5-2/h7,10,15-16,18-19,24-25,27-28,32-33,35-36,38-39,41-42,44-45,74H,4-6,8-9,11-14,17,20-23,26,29-31,34,37,40,43,46-73H2,1-3H3/b10-7-,18-15-,19-16-,27-24-,28-25-,33-32-,36-35-,39-38-,42-41-,45-44-. The van der Waals surface area contributed by atoms with Crippen molar-refractivity contribution in [1.82, 2.24) is 0 Å². The zero-order valence-corrected chi connectivity index (χ0v) is 54.4. The van der Waals surface area contributed by atoms with Gasteiger partial charge < -0.3 is 14.2 Å². The Morgan fingerprint density at radius 1 is 0.253 bits per heavy atom. The van der Waals surface area contributed by atoms with E-state index in [1.165, 1.54) is 148 Å². The van der Waals surface area contributed by atoms with E-state index in [4.69, 9.17) is 14.2 Å². The lowest BCUT2D eigenvalue weighted by Crippen LogP contribution is -2.30. The van der Waals surface area contributed by atoms with Crippen LogP contribution in [0.1, 0.15) is 329 Å². The van der Waals surface area contributed by atoms with Gasteiger partial charge in [0.05, 0.1) is 0 Å². The molecule has 0 heterocycles. The van der Waals surface area contributed by atoms with Gasteiger partial charge in [0.1, 0.15) is 13.2 Å². The van der Waals surface area contributed by atoms with Gasteiger partial charge in [-0.3, -0.25) is 14.4 Å². The molecule has 0 saturated carbocycles. The summed E-state index contributed by atoms with van der Waals surface area (Å²) in [6.07, 6.45) is 97.9. The third kappa shape index (κ3) is 68.5. The van der Waals surface area contributed by atoms with E-state index in [-0.39, 0.29) is 31.1 Å². The van der Waals surface area contributed by atoms with Crippen molar-refractivity contribution >= 4 is 17.9 Å². The summed E-state index contributed by atoms with van der Waals surface area (Å²) in [5, 5.41) is 0. The number of allylic oxidation sites excluding steroid dienone is 20. The van der Waals surface area contributed by atoms with Crippen molar-refractivity contribution in [3.8, 4) is 0 Å². The van der Waals surface area contributed by atoms with E-state index in [1.807, 2.05) is 0 Å². The van der Waals surface area contributed by atoms with Gasteiger partial charge in [0.15, 0.2) is 6.10 Å². The number of carbonyl (C=O) groups is 3. The maximum absolute atomic E-state index is 12.9. The number of hydrogen-bond acceptors (Lipinski definition) is 6. The summed E-state index contributed by atoms with van der Waals surface area (Å²) in [6.45, 7) is 6.50. The molecule has 0 bridgehead atoms. The molecule has 474 valence electrons. The molecule has 0 fully saturated rings. The molecule has 6 nitrogen and oxygen atoms in total. The molecule has 0 aromatic rings. The minimum absolute atomic E-state index is 0.0858. The minimum Gasteiger partial charge on any atom is -0.462 e. The maximum atomic E-state index is 12.9. The van der Waals surface area contributed by atoms with Crippen LogP contribution in [0.2, 0.25) is 0 Å². The van der Waals surface area contributed by atoms with Crippen LogP contribution in [0.15, 0.2) is 122 Å². The van der Waals surface area contributed by atoms with Gasteiger partial charge in [-0.2, -0.15) is 0 Å². The van der Waals surface area contributed by atoms with E-state index in [0.717, 1.165) is 141 Å². The van der Waals surface area contributed by atoms with Crippen LogP contribution in [-0.2, 0) is 28.6 Å². The van der Waals surface area contributed by atoms with Crippen molar-refractivity contribution in [2.24, 2.45) is 0 Å². The first kappa shape index (κ1) is 78.8. The summed E-state index contributed by atoms with van der Waals surface area (Å²) in [4.78, 5) is 38.4. The number of rotatable bonds is 63. The molecule has 0 aliphatic heterocycles. The lowest BCUT2D eigenvalue weighted by Gasteiger charge is -2.18. The Morgan fingerprint density at radius 3 is 0.771 bits per heavy atom. The molecule has 0 saturated heterocycles. The van der Waals surface area contributed by atoms with Crippen LogP contribution in [0.5, 0.6) is 0 Å². The molecule has 1 atom stereocenters. The highest BCUT2D eigenvalue weighted by Crippen LogP contribution is 2.17. The van der Waals surface area contributed by atoms with E-state index in [0.29, 0.717) is 19.3 Å². The Labute approximate surface area is 513 Å². The highest BCUT2D eigenvalue weighted by molar-refractivity contribution is 5.71. The predicted molar refractivity (Wildman–Crippen MR) is 362 cm³/mol. The lowest BCUT2D eigenvalue weighted by molar-refractivity contribution is -0.167. The van der Waals surface area contributed by atoms with Crippen LogP contribution in [-0.4, -0.2) is 37.2 Å². The first-order chi connectivity index (χ1) is 41.0. The molecule has 83 heavy (non-hydrogen) atoms. The van der Waals surface area contributed by atoms with Crippen molar-refractivity contribution in [1.29, 1.82) is 0 Å². The van der Waals surface area contributed by atoms with Crippen LogP contribution < -0.4 is 0 Å². The van der Waals surface area contributed by atoms with E-state index in [2.05, 4.69) is 142 Å². The topological polar surface area (TPSA) is 78.9 Å². The smallest absolute Gasteiger partial charge is 0.306 e. The van der Waals surface area contributed by atoms with Crippen molar-refractivity contribution in [3.63, 3.8) is 0 Å². The predicted octanol–water partition coefficient (Wildman–Crippen LogP) is 24.3. The van der Waals surface area contributed by atoms with Gasteiger partial charge in [0.25, 0.3) is 0 Å². The number of unbranched alkanes of at least 4 members (excludes halogenated alkanes) is 32. The highest BCUT2D eigenvalue weighted by atomic mass is 16.6. The largest absolute Gasteiger partial charge is 0.462 e. The summed E-state index contributed by atoms with van der Waals surface area (Å²) >= 11 is 0. The molecular weight excluding hydrogens is 1020 g/mol. The average Bonchev–Trinajstić information content (AvgIpc) is 3.49. The van der Waals surface area contributed by atoms with Crippen LogP contribution in [0, 0.1) is 0 Å². The molecule has 0 aliphatic carbocycles. The van der Waals surface area contributed by atoms with Crippen molar-refractivity contribution in [2.45, 2.75) is 335 Å². The van der Waals surface area contributed by atoms with Gasteiger partial charge in [0, 0.05) is 19.3 Å². The van der Waals surface area contributed by atoms with Crippen LogP contribution in [0.4, 0.5) is 0 Å². The monoisotopic (exact) mass is 1150 g/mol. The van der Waals surface area contributed by atoms with E-state index < -0.39 is 6.10 Å². The first-order valence-corrected chi connectivity index (χ1v) is 35.0. The second kappa shape index (κ2) is 70.3. The molecule has 0 aliphatic rings. The SMILES string of the molecule is CC/C=C\C/C=C\C/C=C\C/C=C\C/C=C\C/C=C\C/C=C\C/C=C\CCCCCCCCCCC(=O)OCC(COC(=O)CCCCCCC/C=C\C/C=C\CCCC)OC(=O)CCCCCCCCCCCCCCCCCCCC. The third-order valence-corrected chi connectivity index (χ3v) is 15.0. The fourth-order valence-corrected chi connectivity index (χ4v) is 9.71. The second-order valence-electron chi connectivity index (χ2n) is 23.1. The second-order valence-corrected chi connectivity index (χ2v) is 23.1. The van der Waals surface area contributed by atoms with Gasteiger partial charge in [-0.15, -0.1) is 0 Å². The molecule has 0 radical (unpaired) electrons. The third-order valence-electron chi connectivity index (χ3n) is 15.0. The maximum Gasteiger partial charge on any atom is 0.306 e. The first-order valence-electron chi connectivity index (χ1n) is 35.0. The summed E-state index contributed by atoms with van der Waals surface area (Å²) in [5.74, 6) is -0.895. The van der Waals surface area contributed by atoms with Gasteiger partial charge in [-0.25, -0.2) is 0 Å². The summed E-state index contributed by atoms with van der Waals surface area (Å²) < 4.78 is 17.0.